The molecule has 8 heteroatoms. The lowest BCUT2D eigenvalue weighted by molar-refractivity contribution is -0.177. The van der Waals surface area contributed by atoms with Crippen LogP contribution in [0.1, 0.15) is 13.3 Å². The average molecular weight is 269 g/mol. The minimum atomic E-state index is -4.47. The number of carbonyl (C=O) groups is 2. The largest absolute Gasteiger partial charge is 0.481 e. The Hall–Kier alpha value is -1.31. The van der Waals surface area contributed by atoms with Crippen molar-refractivity contribution in [1.82, 2.24) is 4.90 Å². The molecule has 5 nitrogen and oxygen atoms in total. The summed E-state index contributed by atoms with van der Waals surface area (Å²) in [6.45, 7) is -0.454. The molecular formula is C10H14F3NO4. The van der Waals surface area contributed by atoms with E-state index in [9.17, 15) is 22.8 Å². The lowest BCUT2D eigenvalue weighted by Crippen LogP contribution is -2.37. The Balaban J connectivity index is 2.39. The van der Waals surface area contributed by atoms with E-state index in [4.69, 9.17) is 5.11 Å². The van der Waals surface area contributed by atoms with Crippen molar-refractivity contribution in [3.63, 3.8) is 0 Å². The lowest BCUT2D eigenvalue weighted by atomic mass is 9.90. The lowest BCUT2D eigenvalue weighted by Gasteiger charge is -2.20. The van der Waals surface area contributed by atoms with E-state index < -0.39 is 36.7 Å². The van der Waals surface area contributed by atoms with Gasteiger partial charge in [-0.2, -0.15) is 13.2 Å². The smallest absolute Gasteiger partial charge is 0.411 e. The quantitative estimate of drug-likeness (QED) is 0.823. The van der Waals surface area contributed by atoms with Crippen LogP contribution in [-0.2, 0) is 14.3 Å². The fraction of sp³-hybridized carbons (Fsp3) is 0.800. The Morgan fingerprint density at radius 2 is 2.06 bits per heavy atom. The fourth-order valence-corrected chi connectivity index (χ4v) is 1.69. The molecule has 1 N–H and O–H groups in total. The van der Waals surface area contributed by atoms with Crippen molar-refractivity contribution >= 4 is 11.9 Å². The van der Waals surface area contributed by atoms with E-state index in [-0.39, 0.29) is 19.5 Å². The van der Waals surface area contributed by atoms with Gasteiger partial charge in [-0.05, 0) is 13.3 Å². The van der Waals surface area contributed by atoms with Crippen molar-refractivity contribution in [2.24, 2.45) is 5.41 Å². The summed E-state index contributed by atoms with van der Waals surface area (Å²) in [7, 11) is 0. The molecule has 0 aliphatic carbocycles. The van der Waals surface area contributed by atoms with Gasteiger partial charge in [0.05, 0.1) is 5.41 Å². The number of carboxylic acid groups (broad SMARTS) is 1. The number of halogens is 3. The number of ether oxygens (including phenoxy) is 1. The molecule has 0 aromatic rings. The van der Waals surface area contributed by atoms with Crippen LogP contribution in [0.4, 0.5) is 13.2 Å². The molecule has 0 bridgehead atoms. The van der Waals surface area contributed by atoms with Gasteiger partial charge in [-0.3, -0.25) is 9.59 Å². The first-order chi connectivity index (χ1) is 8.14. The van der Waals surface area contributed by atoms with Crippen LogP contribution in [0.2, 0.25) is 0 Å². The van der Waals surface area contributed by atoms with Crippen LogP contribution < -0.4 is 0 Å². The SMILES string of the molecule is CC1(C(=O)O)CCN(C(=O)COCC(F)(F)F)C1. The number of aliphatic carboxylic acids is 1. The van der Waals surface area contributed by atoms with E-state index in [1.807, 2.05) is 0 Å². The van der Waals surface area contributed by atoms with Crippen LogP contribution in [0.3, 0.4) is 0 Å². The van der Waals surface area contributed by atoms with E-state index in [0.29, 0.717) is 0 Å². The minimum Gasteiger partial charge on any atom is -0.481 e. The predicted octanol–water partition coefficient (Wildman–Crippen LogP) is 0.889. The maximum absolute atomic E-state index is 11.8. The van der Waals surface area contributed by atoms with E-state index in [0.717, 1.165) is 0 Å². The first-order valence-electron chi connectivity index (χ1n) is 5.30. The highest BCUT2D eigenvalue weighted by Crippen LogP contribution is 2.30. The number of rotatable bonds is 4. The Bertz CT molecular complexity index is 345. The standard InChI is InChI=1S/C10H14F3NO4/c1-9(8(16)17)2-3-14(5-9)7(15)4-18-6-10(11,12)13/h2-6H2,1H3,(H,16,17). The molecular weight excluding hydrogens is 255 g/mol. The zero-order valence-electron chi connectivity index (χ0n) is 9.79. The zero-order valence-corrected chi connectivity index (χ0v) is 9.79. The molecule has 1 unspecified atom stereocenters. The van der Waals surface area contributed by atoms with Gasteiger partial charge in [-0.1, -0.05) is 0 Å². The Labute approximate surface area is 102 Å². The number of hydrogen-bond donors (Lipinski definition) is 1. The van der Waals surface area contributed by atoms with Gasteiger partial charge < -0.3 is 14.7 Å². The van der Waals surface area contributed by atoms with E-state index >= 15 is 0 Å². The van der Waals surface area contributed by atoms with Crippen LogP contribution in [0.25, 0.3) is 0 Å². The Kier molecular flexibility index (Phi) is 4.20. The maximum atomic E-state index is 11.8. The second-order valence-electron chi connectivity index (χ2n) is 4.54. The molecule has 1 aliphatic rings. The third kappa shape index (κ3) is 3.86. The van der Waals surface area contributed by atoms with Crippen LogP contribution in [0, 0.1) is 5.41 Å². The van der Waals surface area contributed by atoms with Crippen LogP contribution in [0.15, 0.2) is 0 Å². The van der Waals surface area contributed by atoms with Crippen LogP contribution in [0.5, 0.6) is 0 Å². The summed E-state index contributed by atoms with van der Waals surface area (Å²) in [6, 6.07) is 0. The van der Waals surface area contributed by atoms with Crippen molar-refractivity contribution in [1.29, 1.82) is 0 Å². The minimum absolute atomic E-state index is 0.00343. The number of nitrogens with zero attached hydrogens (tertiary/aromatic N) is 1. The van der Waals surface area contributed by atoms with Gasteiger partial charge in [-0.25, -0.2) is 0 Å². The second kappa shape index (κ2) is 5.13. The molecule has 1 saturated heterocycles. The van der Waals surface area contributed by atoms with Gasteiger partial charge in [0, 0.05) is 13.1 Å². The third-order valence-electron chi connectivity index (χ3n) is 2.83. The number of carbonyl (C=O) groups excluding carboxylic acids is 1. The molecule has 1 fully saturated rings. The predicted molar refractivity (Wildman–Crippen MR) is 53.8 cm³/mol. The van der Waals surface area contributed by atoms with E-state index in [2.05, 4.69) is 4.74 Å². The average Bonchev–Trinajstić information content (AvgIpc) is 2.60. The zero-order chi connectivity index (χ0) is 14.0. The molecule has 0 spiro atoms. The number of amides is 1. The van der Waals surface area contributed by atoms with Gasteiger partial charge in [0.15, 0.2) is 0 Å². The second-order valence-corrected chi connectivity index (χ2v) is 4.54. The highest BCUT2D eigenvalue weighted by atomic mass is 19.4. The molecule has 18 heavy (non-hydrogen) atoms. The van der Waals surface area contributed by atoms with Crippen molar-refractivity contribution in [2.45, 2.75) is 19.5 Å². The summed E-state index contributed by atoms with van der Waals surface area (Å²) in [5.74, 6) is -1.64. The molecule has 1 aliphatic heterocycles. The first-order valence-corrected chi connectivity index (χ1v) is 5.30. The molecule has 0 aromatic heterocycles. The van der Waals surface area contributed by atoms with Gasteiger partial charge >= 0.3 is 12.1 Å². The van der Waals surface area contributed by atoms with Gasteiger partial charge in [0.25, 0.3) is 0 Å². The van der Waals surface area contributed by atoms with Crippen LogP contribution in [-0.4, -0.2) is 54.4 Å². The normalized spacial score (nSPS) is 24.3. The third-order valence-corrected chi connectivity index (χ3v) is 2.83. The highest BCUT2D eigenvalue weighted by Gasteiger charge is 2.42. The molecule has 1 atom stereocenters. The van der Waals surface area contributed by atoms with Crippen LogP contribution >= 0.6 is 0 Å². The molecule has 1 heterocycles. The summed E-state index contributed by atoms with van der Waals surface area (Å²) in [5.41, 5.74) is -1.03. The molecule has 1 amide bonds. The summed E-state index contributed by atoms with van der Waals surface area (Å²) in [5, 5.41) is 8.94. The molecule has 0 radical (unpaired) electrons. The van der Waals surface area contributed by atoms with E-state index in [1.165, 1.54) is 11.8 Å². The summed E-state index contributed by atoms with van der Waals surface area (Å²) in [4.78, 5) is 23.6. The number of hydrogen-bond acceptors (Lipinski definition) is 3. The summed E-state index contributed by atoms with van der Waals surface area (Å²) < 4.78 is 39.6. The van der Waals surface area contributed by atoms with Crippen molar-refractivity contribution in [2.75, 3.05) is 26.3 Å². The first kappa shape index (κ1) is 14.7. The fourth-order valence-electron chi connectivity index (χ4n) is 1.69. The Morgan fingerprint density at radius 1 is 1.44 bits per heavy atom. The molecule has 0 saturated carbocycles. The number of likely N-dealkylation sites (tertiary alicyclic amines) is 1. The van der Waals surface area contributed by atoms with Gasteiger partial charge in [-0.15, -0.1) is 0 Å². The van der Waals surface area contributed by atoms with Gasteiger partial charge in [0.1, 0.15) is 13.2 Å². The molecule has 0 aromatic carbocycles. The van der Waals surface area contributed by atoms with Crippen molar-refractivity contribution < 1.29 is 32.6 Å². The summed E-state index contributed by atoms with van der Waals surface area (Å²) >= 11 is 0. The van der Waals surface area contributed by atoms with Crippen molar-refractivity contribution in [3.05, 3.63) is 0 Å². The van der Waals surface area contributed by atoms with E-state index in [1.54, 1.807) is 0 Å². The monoisotopic (exact) mass is 269 g/mol. The topological polar surface area (TPSA) is 66.8 Å². The molecule has 1 rings (SSSR count). The number of alkyl halides is 3. The number of carboxylic acids is 1. The highest BCUT2D eigenvalue weighted by molar-refractivity contribution is 5.81. The van der Waals surface area contributed by atoms with Crippen molar-refractivity contribution in [3.8, 4) is 0 Å². The molecule has 104 valence electrons. The summed E-state index contributed by atoms with van der Waals surface area (Å²) in [6.07, 6.45) is -4.19. The maximum Gasteiger partial charge on any atom is 0.411 e. The van der Waals surface area contributed by atoms with Gasteiger partial charge in [0.2, 0.25) is 5.91 Å². The Morgan fingerprint density at radius 3 is 2.50 bits per heavy atom.